The van der Waals surface area contributed by atoms with Crippen LogP contribution < -0.4 is 0 Å². The number of fused-ring (bicyclic) bond motifs is 1. The number of unbranched alkanes of at least 4 members (excludes halogenated alkanes) is 2. The molecule has 0 atom stereocenters. The van der Waals surface area contributed by atoms with Gasteiger partial charge in [-0.3, -0.25) is 0 Å². The lowest BCUT2D eigenvalue weighted by Crippen LogP contribution is -2.07. The number of pyridine rings is 1. The van der Waals surface area contributed by atoms with E-state index in [9.17, 15) is 0 Å². The first-order chi connectivity index (χ1) is 13.7. The molecule has 0 unspecified atom stereocenters. The summed E-state index contributed by atoms with van der Waals surface area (Å²) in [6.45, 7) is 2.19. The van der Waals surface area contributed by atoms with E-state index >= 15 is 0 Å². The van der Waals surface area contributed by atoms with Gasteiger partial charge < -0.3 is 0 Å². The van der Waals surface area contributed by atoms with Crippen LogP contribution in [0, 0.1) is 0 Å². The maximum atomic E-state index is 6.34. The minimum absolute atomic E-state index is 0.673. The lowest BCUT2D eigenvalue weighted by Gasteiger charge is -2.17. The average Bonchev–Trinajstić information content (AvgIpc) is 3.22. The van der Waals surface area contributed by atoms with Crippen LogP contribution in [-0.4, -0.2) is 25.2 Å². The fraction of sp³-hybridized carbons (Fsp3) is 0.238. The van der Waals surface area contributed by atoms with Crippen LogP contribution in [-0.2, 0) is 6.42 Å². The molecule has 4 aromatic rings. The van der Waals surface area contributed by atoms with Crippen LogP contribution in [0.5, 0.6) is 0 Å². The molecule has 0 spiro atoms. The third-order valence-electron chi connectivity index (χ3n) is 4.74. The highest BCUT2D eigenvalue weighted by Gasteiger charge is 2.19. The van der Waals surface area contributed by atoms with Crippen LogP contribution in [0.4, 0.5) is 0 Å². The molecule has 0 saturated heterocycles. The molecular formula is C21H19Cl2N5. The van der Waals surface area contributed by atoms with Crippen molar-refractivity contribution in [3.8, 4) is 16.9 Å². The van der Waals surface area contributed by atoms with Gasteiger partial charge in [0.2, 0.25) is 0 Å². The quantitative estimate of drug-likeness (QED) is 0.369. The first kappa shape index (κ1) is 18.8. The zero-order chi connectivity index (χ0) is 19.5. The molecule has 2 aromatic heterocycles. The number of rotatable bonds is 6. The Bertz CT molecular complexity index is 1110. The number of benzene rings is 2. The second kappa shape index (κ2) is 8.25. The van der Waals surface area contributed by atoms with Crippen molar-refractivity contribution in [2.24, 2.45) is 0 Å². The van der Waals surface area contributed by atoms with Gasteiger partial charge in [-0.05, 0) is 64.7 Å². The highest BCUT2D eigenvalue weighted by molar-refractivity contribution is 6.32. The molecule has 0 saturated carbocycles. The number of tetrazole rings is 1. The highest BCUT2D eigenvalue weighted by atomic mass is 35.5. The fourth-order valence-electron chi connectivity index (χ4n) is 3.47. The Morgan fingerprint density at radius 3 is 2.61 bits per heavy atom. The summed E-state index contributed by atoms with van der Waals surface area (Å²) in [6.07, 6.45) is 5.76. The predicted molar refractivity (Wildman–Crippen MR) is 113 cm³/mol. The van der Waals surface area contributed by atoms with E-state index in [2.05, 4.69) is 28.5 Å². The molecule has 2 heterocycles. The molecule has 0 aliphatic carbocycles. The van der Waals surface area contributed by atoms with E-state index in [1.54, 1.807) is 11.0 Å². The van der Waals surface area contributed by atoms with Crippen molar-refractivity contribution < 1.29 is 0 Å². The van der Waals surface area contributed by atoms with Crippen molar-refractivity contribution in [1.29, 1.82) is 0 Å². The monoisotopic (exact) mass is 411 g/mol. The Labute approximate surface area is 173 Å². The second-order valence-corrected chi connectivity index (χ2v) is 7.55. The van der Waals surface area contributed by atoms with Crippen molar-refractivity contribution in [2.75, 3.05) is 0 Å². The third kappa shape index (κ3) is 3.73. The van der Waals surface area contributed by atoms with Crippen molar-refractivity contribution in [3.05, 3.63) is 64.4 Å². The highest BCUT2D eigenvalue weighted by Crippen LogP contribution is 2.37. The number of aromatic nitrogens is 5. The molecule has 0 fully saturated rings. The number of nitrogens with zero attached hydrogens (tertiary/aromatic N) is 5. The van der Waals surface area contributed by atoms with Crippen molar-refractivity contribution in [1.82, 2.24) is 25.2 Å². The minimum atomic E-state index is 0.673. The summed E-state index contributed by atoms with van der Waals surface area (Å²) in [4.78, 5) is 4.87. The zero-order valence-corrected chi connectivity index (χ0v) is 17.0. The van der Waals surface area contributed by atoms with E-state index < -0.39 is 0 Å². The maximum absolute atomic E-state index is 6.34. The number of halogens is 2. The van der Waals surface area contributed by atoms with E-state index in [0.29, 0.717) is 10.0 Å². The van der Waals surface area contributed by atoms with E-state index in [-0.39, 0.29) is 0 Å². The summed E-state index contributed by atoms with van der Waals surface area (Å²) in [5.41, 5.74) is 4.04. The average molecular weight is 412 g/mol. The van der Waals surface area contributed by atoms with Gasteiger partial charge in [0.25, 0.3) is 0 Å². The molecule has 7 heteroatoms. The molecule has 0 bridgehead atoms. The van der Waals surface area contributed by atoms with E-state index in [0.717, 1.165) is 59.1 Å². The van der Waals surface area contributed by atoms with Gasteiger partial charge in [0.05, 0.1) is 5.52 Å². The van der Waals surface area contributed by atoms with Crippen LogP contribution in [0.25, 0.3) is 27.8 Å². The second-order valence-electron chi connectivity index (χ2n) is 6.67. The summed E-state index contributed by atoms with van der Waals surface area (Å²) in [6, 6.07) is 13.6. The molecule has 2 aromatic carbocycles. The van der Waals surface area contributed by atoms with Gasteiger partial charge >= 0.3 is 0 Å². The summed E-state index contributed by atoms with van der Waals surface area (Å²) >= 11 is 12.7. The Morgan fingerprint density at radius 1 is 1.00 bits per heavy atom. The first-order valence-electron chi connectivity index (χ1n) is 9.29. The van der Waals surface area contributed by atoms with Crippen LogP contribution in [0.2, 0.25) is 10.0 Å². The maximum Gasteiger partial charge on any atom is 0.161 e. The van der Waals surface area contributed by atoms with Gasteiger partial charge in [-0.2, -0.15) is 4.68 Å². The molecular weight excluding hydrogens is 393 g/mol. The molecule has 4 rings (SSSR count). The molecule has 0 aliphatic rings. The Kier molecular flexibility index (Phi) is 5.55. The van der Waals surface area contributed by atoms with Crippen LogP contribution in [0.3, 0.4) is 0 Å². The summed E-state index contributed by atoms with van der Waals surface area (Å²) in [5, 5.41) is 14.0. The fourth-order valence-corrected chi connectivity index (χ4v) is 3.83. The number of hydrogen-bond acceptors (Lipinski definition) is 4. The van der Waals surface area contributed by atoms with Crippen LogP contribution >= 0.6 is 23.2 Å². The van der Waals surface area contributed by atoms with Gasteiger partial charge in [-0.1, -0.05) is 55.1 Å². The van der Waals surface area contributed by atoms with Crippen LogP contribution in [0.15, 0.2) is 48.8 Å². The predicted octanol–water partition coefficient (Wildman–Crippen LogP) is 5.92. The standard InChI is InChI=1S/C21H19Cl2N5/c1-2-3-4-8-17-20(14-6-5-7-15(22)11-14)18-12-16(23)9-10-19(18)25-21(17)28-13-24-26-27-28/h5-7,9-13H,2-4,8H2,1H3. The number of hydrogen-bond donors (Lipinski definition) is 0. The molecule has 0 amide bonds. The normalized spacial score (nSPS) is 11.2. The van der Waals surface area contributed by atoms with Crippen LogP contribution in [0.1, 0.15) is 31.7 Å². The smallest absolute Gasteiger partial charge is 0.161 e. The summed E-state index contributed by atoms with van der Waals surface area (Å²) < 4.78 is 1.63. The van der Waals surface area contributed by atoms with Gasteiger partial charge in [0, 0.05) is 21.0 Å². The van der Waals surface area contributed by atoms with Crippen molar-refractivity contribution in [2.45, 2.75) is 32.6 Å². The lowest BCUT2D eigenvalue weighted by atomic mass is 9.92. The minimum Gasteiger partial charge on any atom is -0.228 e. The van der Waals surface area contributed by atoms with E-state index in [1.807, 2.05) is 36.4 Å². The van der Waals surface area contributed by atoms with Crippen molar-refractivity contribution >= 4 is 34.1 Å². The van der Waals surface area contributed by atoms with E-state index in [1.165, 1.54) is 0 Å². The van der Waals surface area contributed by atoms with Gasteiger partial charge in [-0.25, -0.2) is 4.98 Å². The Hall–Kier alpha value is -2.50. The first-order valence-corrected chi connectivity index (χ1v) is 10.0. The Balaban J connectivity index is 2.05. The topological polar surface area (TPSA) is 56.5 Å². The molecule has 142 valence electrons. The molecule has 5 nitrogen and oxygen atoms in total. The molecule has 28 heavy (non-hydrogen) atoms. The molecule has 0 N–H and O–H groups in total. The Morgan fingerprint density at radius 2 is 1.86 bits per heavy atom. The van der Waals surface area contributed by atoms with Crippen molar-refractivity contribution in [3.63, 3.8) is 0 Å². The largest absolute Gasteiger partial charge is 0.228 e. The zero-order valence-electron chi connectivity index (χ0n) is 15.4. The van der Waals surface area contributed by atoms with Gasteiger partial charge in [0.15, 0.2) is 5.82 Å². The third-order valence-corrected chi connectivity index (χ3v) is 5.21. The summed E-state index contributed by atoms with van der Waals surface area (Å²) in [5.74, 6) is 0.742. The SMILES string of the molecule is CCCCCc1c(-n2cnnn2)nc2ccc(Cl)cc2c1-c1cccc(Cl)c1. The lowest BCUT2D eigenvalue weighted by molar-refractivity contribution is 0.704. The van der Waals surface area contributed by atoms with Gasteiger partial charge in [-0.15, -0.1) is 5.10 Å². The molecule has 0 aliphatic heterocycles. The van der Waals surface area contributed by atoms with Gasteiger partial charge in [0.1, 0.15) is 6.33 Å². The summed E-state index contributed by atoms with van der Waals surface area (Å²) in [7, 11) is 0. The molecule has 0 radical (unpaired) electrons. The van der Waals surface area contributed by atoms with E-state index in [4.69, 9.17) is 28.2 Å².